The second-order valence-corrected chi connectivity index (χ2v) is 3.61. The van der Waals surface area contributed by atoms with Crippen LogP contribution in [0.2, 0.25) is 0 Å². The van der Waals surface area contributed by atoms with Gasteiger partial charge in [0.2, 0.25) is 5.91 Å². The van der Waals surface area contributed by atoms with E-state index in [0.29, 0.717) is 0 Å². The summed E-state index contributed by atoms with van der Waals surface area (Å²) >= 11 is 0. The molecule has 1 saturated heterocycles. The number of nitrogens with zero attached hydrogens (tertiary/aromatic N) is 4. The van der Waals surface area contributed by atoms with Gasteiger partial charge < -0.3 is 15.4 Å². The average molecular weight is 226 g/mol. The maximum absolute atomic E-state index is 11.6. The molecule has 2 atom stereocenters. The maximum atomic E-state index is 11.6. The highest BCUT2D eigenvalue weighted by Crippen LogP contribution is 2.03. The molecular weight excluding hydrogens is 212 g/mol. The molecule has 1 unspecified atom stereocenters. The van der Waals surface area contributed by atoms with E-state index < -0.39 is 0 Å². The molecule has 16 heavy (non-hydrogen) atoms. The third kappa shape index (κ3) is 2.52. The highest BCUT2D eigenvalue weighted by atomic mass is 16.5. The Morgan fingerprint density at radius 2 is 2.56 bits per heavy atom. The van der Waals surface area contributed by atoms with E-state index in [1.54, 1.807) is 7.11 Å². The number of aromatic nitrogens is 4. The van der Waals surface area contributed by atoms with E-state index in [0.717, 1.165) is 13.1 Å². The van der Waals surface area contributed by atoms with Crippen LogP contribution in [0, 0.1) is 0 Å². The topological polar surface area (TPSA) is 94.0 Å². The first kappa shape index (κ1) is 11.0. The molecule has 0 spiro atoms. The molecule has 2 N–H and O–H groups in total. The Balaban J connectivity index is 1.83. The Bertz CT molecular complexity index is 340. The van der Waals surface area contributed by atoms with Crippen molar-refractivity contribution in [3.05, 3.63) is 6.33 Å². The van der Waals surface area contributed by atoms with E-state index in [1.807, 2.05) is 0 Å². The van der Waals surface area contributed by atoms with Crippen LogP contribution < -0.4 is 10.6 Å². The van der Waals surface area contributed by atoms with E-state index in [2.05, 4.69) is 26.2 Å². The van der Waals surface area contributed by atoms with Gasteiger partial charge in [-0.15, -0.1) is 5.10 Å². The quantitative estimate of drug-likeness (QED) is 0.604. The van der Waals surface area contributed by atoms with E-state index in [9.17, 15) is 4.79 Å². The van der Waals surface area contributed by atoms with Crippen LogP contribution in [0.3, 0.4) is 0 Å². The molecular formula is C8H14N6O2. The number of hydrogen-bond donors (Lipinski definition) is 2. The van der Waals surface area contributed by atoms with Crippen LogP contribution in [-0.4, -0.2) is 58.5 Å². The lowest BCUT2D eigenvalue weighted by atomic mass is 10.2. The number of amides is 1. The molecule has 0 saturated carbocycles. The zero-order valence-corrected chi connectivity index (χ0v) is 8.96. The molecule has 0 radical (unpaired) electrons. The van der Waals surface area contributed by atoms with E-state index in [4.69, 9.17) is 4.74 Å². The van der Waals surface area contributed by atoms with Crippen molar-refractivity contribution in [1.82, 2.24) is 30.8 Å². The summed E-state index contributed by atoms with van der Waals surface area (Å²) in [7, 11) is 1.64. The molecule has 2 rings (SSSR count). The van der Waals surface area contributed by atoms with E-state index in [1.165, 1.54) is 11.0 Å². The first-order chi connectivity index (χ1) is 7.79. The summed E-state index contributed by atoms with van der Waals surface area (Å²) in [5.41, 5.74) is 0. The Hall–Kier alpha value is -1.54. The molecule has 2 heterocycles. The van der Waals surface area contributed by atoms with Crippen molar-refractivity contribution in [3.63, 3.8) is 0 Å². The van der Waals surface area contributed by atoms with Crippen LogP contribution in [0.5, 0.6) is 0 Å². The molecule has 0 aliphatic carbocycles. The number of hydrogen-bond acceptors (Lipinski definition) is 6. The normalized spacial score (nSPS) is 24.6. The first-order valence-corrected chi connectivity index (χ1v) is 5.03. The Kier molecular flexibility index (Phi) is 3.42. The van der Waals surface area contributed by atoms with Crippen molar-refractivity contribution in [2.24, 2.45) is 0 Å². The number of tetrazole rings is 1. The minimum atomic E-state index is -0.122. The van der Waals surface area contributed by atoms with Crippen LogP contribution >= 0.6 is 0 Å². The maximum Gasteiger partial charge on any atom is 0.242 e. The predicted molar refractivity (Wildman–Crippen MR) is 53.4 cm³/mol. The summed E-state index contributed by atoms with van der Waals surface area (Å²) in [6.45, 7) is 1.60. The summed E-state index contributed by atoms with van der Waals surface area (Å²) in [6, 6.07) is 0.00832. The molecule has 0 bridgehead atoms. The van der Waals surface area contributed by atoms with Crippen molar-refractivity contribution in [2.75, 3.05) is 20.2 Å². The molecule has 1 amide bonds. The van der Waals surface area contributed by atoms with E-state index >= 15 is 0 Å². The fourth-order valence-electron chi connectivity index (χ4n) is 1.70. The predicted octanol–water partition coefficient (Wildman–Crippen LogP) is -2.22. The lowest BCUT2D eigenvalue weighted by Gasteiger charge is -2.18. The molecule has 1 aromatic rings. The van der Waals surface area contributed by atoms with Crippen molar-refractivity contribution in [1.29, 1.82) is 0 Å². The van der Waals surface area contributed by atoms with Gasteiger partial charge in [-0.1, -0.05) is 0 Å². The van der Waals surface area contributed by atoms with Gasteiger partial charge in [0.1, 0.15) is 12.9 Å². The van der Waals surface area contributed by atoms with E-state index in [-0.39, 0.29) is 24.6 Å². The van der Waals surface area contributed by atoms with Crippen molar-refractivity contribution < 1.29 is 9.53 Å². The number of carbonyl (C=O) groups is 1. The molecule has 1 aliphatic rings. The summed E-state index contributed by atoms with van der Waals surface area (Å²) in [4.78, 5) is 11.6. The van der Waals surface area contributed by atoms with Gasteiger partial charge in [0, 0.05) is 20.2 Å². The standard InChI is InChI=1S/C8H14N6O2/c1-16-7-3-9-2-6(7)11-8(15)4-14-5-10-12-13-14/h5-7,9H,2-4H2,1H3,(H,11,15)/t6?,7-/m0/s1. The number of carbonyl (C=O) groups excluding carboxylic acids is 1. The minimum absolute atomic E-state index is 0.00832. The van der Waals surface area contributed by atoms with Gasteiger partial charge in [-0.3, -0.25) is 4.79 Å². The minimum Gasteiger partial charge on any atom is -0.378 e. The number of ether oxygens (including phenoxy) is 1. The van der Waals surface area contributed by atoms with Gasteiger partial charge in [0.15, 0.2) is 0 Å². The SMILES string of the molecule is CO[C@H]1CNCC1NC(=O)Cn1cnnn1. The van der Waals surface area contributed by atoms with Gasteiger partial charge in [0.05, 0.1) is 12.1 Å². The lowest BCUT2D eigenvalue weighted by molar-refractivity contribution is -0.123. The Morgan fingerprint density at radius 1 is 1.69 bits per heavy atom. The Morgan fingerprint density at radius 3 is 3.25 bits per heavy atom. The number of methoxy groups -OCH3 is 1. The Labute approximate surface area is 92.3 Å². The third-order valence-corrected chi connectivity index (χ3v) is 2.50. The van der Waals surface area contributed by atoms with Gasteiger partial charge in [-0.25, -0.2) is 4.68 Å². The zero-order chi connectivity index (χ0) is 11.4. The molecule has 1 fully saturated rings. The molecule has 1 aromatic heterocycles. The third-order valence-electron chi connectivity index (χ3n) is 2.50. The van der Waals surface area contributed by atoms with Crippen LogP contribution in [0.25, 0.3) is 0 Å². The first-order valence-electron chi connectivity index (χ1n) is 5.03. The van der Waals surface area contributed by atoms with Gasteiger partial charge in [-0.05, 0) is 10.4 Å². The molecule has 88 valence electrons. The molecule has 8 heteroatoms. The molecule has 0 aromatic carbocycles. The largest absolute Gasteiger partial charge is 0.378 e. The van der Waals surface area contributed by atoms with Crippen LogP contribution in [-0.2, 0) is 16.1 Å². The van der Waals surface area contributed by atoms with Gasteiger partial charge in [-0.2, -0.15) is 0 Å². The highest BCUT2D eigenvalue weighted by Gasteiger charge is 2.28. The average Bonchev–Trinajstić information content (AvgIpc) is 2.88. The van der Waals surface area contributed by atoms with Crippen molar-refractivity contribution in [3.8, 4) is 0 Å². The molecule has 1 aliphatic heterocycles. The smallest absolute Gasteiger partial charge is 0.242 e. The summed E-state index contributed by atoms with van der Waals surface area (Å²) in [5, 5.41) is 16.6. The fourth-order valence-corrected chi connectivity index (χ4v) is 1.70. The zero-order valence-electron chi connectivity index (χ0n) is 8.96. The summed E-state index contributed by atoms with van der Waals surface area (Å²) < 4.78 is 6.61. The number of rotatable bonds is 4. The highest BCUT2D eigenvalue weighted by molar-refractivity contribution is 5.76. The molecule has 8 nitrogen and oxygen atoms in total. The fraction of sp³-hybridized carbons (Fsp3) is 0.750. The van der Waals surface area contributed by atoms with Crippen LogP contribution in [0.1, 0.15) is 0 Å². The number of nitrogens with one attached hydrogen (secondary N) is 2. The van der Waals surface area contributed by atoms with Gasteiger partial charge in [0.25, 0.3) is 0 Å². The summed E-state index contributed by atoms with van der Waals surface area (Å²) in [5.74, 6) is -0.122. The monoisotopic (exact) mass is 226 g/mol. The van der Waals surface area contributed by atoms with Crippen molar-refractivity contribution in [2.45, 2.75) is 18.7 Å². The summed E-state index contributed by atoms with van der Waals surface area (Å²) in [6.07, 6.45) is 1.43. The van der Waals surface area contributed by atoms with Crippen LogP contribution in [0.15, 0.2) is 6.33 Å². The van der Waals surface area contributed by atoms with Crippen LogP contribution in [0.4, 0.5) is 0 Å². The second kappa shape index (κ2) is 4.99. The van der Waals surface area contributed by atoms with Gasteiger partial charge >= 0.3 is 0 Å². The van der Waals surface area contributed by atoms with Crippen molar-refractivity contribution >= 4 is 5.91 Å². The second-order valence-electron chi connectivity index (χ2n) is 3.61. The lowest BCUT2D eigenvalue weighted by Crippen LogP contribution is -2.44.